The predicted molar refractivity (Wildman–Crippen MR) is 123 cm³/mol. The number of aryl methyl sites for hydroxylation is 1. The van der Waals surface area contributed by atoms with E-state index >= 15 is 0 Å². The van der Waals surface area contributed by atoms with Crippen LogP contribution in [0.25, 0.3) is 11.1 Å². The number of ether oxygens (including phenoxy) is 2. The summed E-state index contributed by atoms with van der Waals surface area (Å²) in [5, 5.41) is 0.413. The number of aromatic nitrogens is 1. The predicted octanol–water partition coefficient (Wildman–Crippen LogP) is 5.36. The Labute approximate surface area is 195 Å². The number of pyridine rings is 1. The van der Waals surface area contributed by atoms with Crippen LogP contribution in [0, 0.1) is 6.92 Å². The third-order valence-electron chi connectivity index (χ3n) is 5.16. The molecule has 5 nitrogen and oxygen atoms in total. The van der Waals surface area contributed by atoms with Crippen molar-refractivity contribution in [3.8, 4) is 16.9 Å². The zero-order valence-electron chi connectivity index (χ0n) is 17.1. The Morgan fingerprint density at radius 1 is 1.09 bits per heavy atom. The van der Waals surface area contributed by atoms with Crippen LogP contribution in [-0.2, 0) is 10.3 Å². The SMILES string of the molecule is Cc1cc(C2(c3cccc(-c4ccc(Cl)nc4)c3)COCC(N)=N2)ccc1OC(F)F.Cl. The third kappa shape index (κ3) is 4.85. The van der Waals surface area contributed by atoms with Crippen LogP contribution in [0.1, 0.15) is 16.7 Å². The Hall–Kier alpha value is -2.74. The summed E-state index contributed by atoms with van der Waals surface area (Å²) in [4.78, 5) is 8.93. The number of hydrogen-bond donors (Lipinski definition) is 1. The highest BCUT2D eigenvalue weighted by Crippen LogP contribution is 2.39. The largest absolute Gasteiger partial charge is 0.435 e. The van der Waals surface area contributed by atoms with Crippen molar-refractivity contribution < 1.29 is 18.3 Å². The maximum atomic E-state index is 12.7. The molecule has 0 radical (unpaired) electrons. The molecule has 0 saturated carbocycles. The van der Waals surface area contributed by atoms with E-state index in [1.165, 1.54) is 6.07 Å². The number of nitrogens with zero attached hydrogens (tertiary/aromatic N) is 2. The van der Waals surface area contributed by atoms with Crippen molar-refractivity contribution in [2.24, 2.45) is 10.7 Å². The van der Waals surface area contributed by atoms with E-state index in [1.54, 1.807) is 31.3 Å². The minimum atomic E-state index is -2.89. The van der Waals surface area contributed by atoms with Gasteiger partial charge in [-0.25, -0.2) is 4.98 Å². The molecule has 0 saturated heterocycles. The molecule has 32 heavy (non-hydrogen) atoms. The van der Waals surface area contributed by atoms with E-state index in [9.17, 15) is 8.78 Å². The van der Waals surface area contributed by atoms with E-state index in [0.29, 0.717) is 16.6 Å². The van der Waals surface area contributed by atoms with Crippen molar-refractivity contribution in [3.63, 3.8) is 0 Å². The van der Waals surface area contributed by atoms with E-state index in [4.69, 9.17) is 27.1 Å². The highest BCUT2D eigenvalue weighted by atomic mass is 35.5. The molecule has 0 amide bonds. The molecule has 1 aromatic heterocycles. The van der Waals surface area contributed by atoms with Crippen molar-refractivity contribution in [1.82, 2.24) is 4.98 Å². The molecule has 2 heterocycles. The zero-order chi connectivity index (χ0) is 22.0. The molecule has 0 aliphatic carbocycles. The van der Waals surface area contributed by atoms with Crippen LogP contribution in [0.5, 0.6) is 5.75 Å². The number of nitrogens with two attached hydrogens (primary N) is 1. The summed E-state index contributed by atoms with van der Waals surface area (Å²) in [6.07, 6.45) is 1.70. The summed E-state index contributed by atoms with van der Waals surface area (Å²) in [5.74, 6) is 0.471. The molecule has 1 aliphatic rings. The van der Waals surface area contributed by atoms with E-state index in [0.717, 1.165) is 22.3 Å². The molecule has 4 rings (SSSR count). The molecule has 2 N–H and O–H groups in total. The van der Waals surface area contributed by atoms with Crippen molar-refractivity contribution in [3.05, 3.63) is 82.6 Å². The lowest BCUT2D eigenvalue weighted by atomic mass is 9.81. The van der Waals surface area contributed by atoms with E-state index < -0.39 is 12.2 Å². The fourth-order valence-electron chi connectivity index (χ4n) is 3.71. The lowest BCUT2D eigenvalue weighted by molar-refractivity contribution is -0.0503. The zero-order valence-corrected chi connectivity index (χ0v) is 18.7. The summed E-state index contributed by atoms with van der Waals surface area (Å²) in [6, 6.07) is 16.4. The van der Waals surface area contributed by atoms with Gasteiger partial charge < -0.3 is 15.2 Å². The molecule has 1 atom stereocenters. The van der Waals surface area contributed by atoms with Gasteiger partial charge in [0.05, 0.1) is 6.61 Å². The van der Waals surface area contributed by atoms with Crippen molar-refractivity contribution in [1.29, 1.82) is 0 Å². The van der Waals surface area contributed by atoms with E-state index in [-0.39, 0.29) is 31.4 Å². The monoisotopic (exact) mass is 479 g/mol. The summed E-state index contributed by atoms with van der Waals surface area (Å²) >= 11 is 5.91. The van der Waals surface area contributed by atoms with Crippen LogP contribution in [0.15, 0.2) is 65.8 Å². The van der Waals surface area contributed by atoms with Crippen LogP contribution in [0.4, 0.5) is 8.78 Å². The molecular weight excluding hydrogens is 459 g/mol. The van der Waals surface area contributed by atoms with Gasteiger partial charge in [-0.05, 0) is 59.5 Å². The third-order valence-corrected chi connectivity index (χ3v) is 5.39. The molecule has 2 aromatic carbocycles. The normalized spacial score (nSPS) is 18.1. The van der Waals surface area contributed by atoms with Gasteiger partial charge >= 0.3 is 6.61 Å². The average molecular weight is 480 g/mol. The molecule has 0 fully saturated rings. The highest BCUT2D eigenvalue weighted by Gasteiger charge is 2.38. The van der Waals surface area contributed by atoms with Crippen LogP contribution in [0.2, 0.25) is 5.15 Å². The van der Waals surface area contributed by atoms with Crippen molar-refractivity contribution in [2.75, 3.05) is 13.2 Å². The smallest absolute Gasteiger partial charge is 0.387 e. The minimum Gasteiger partial charge on any atom is -0.435 e. The lowest BCUT2D eigenvalue weighted by Gasteiger charge is -2.35. The first-order chi connectivity index (χ1) is 14.9. The van der Waals surface area contributed by atoms with Crippen LogP contribution in [-0.4, -0.2) is 30.6 Å². The maximum absolute atomic E-state index is 12.7. The Balaban J connectivity index is 0.00000289. The first-order valence-corrected chi connectivity index (χ1v) is 9.95. The molecular formula is C23H21Cl2F2N3O2. The standard InChI is InChI=1S/C23H20ClF2N3O2.ClH/c1-14-9-18(6-7-19(14)31-22(25)26)23(13-30-12-21(27)29-23)17-4-2-3-15(10-17)16-5-8-20(24)28-11-16;/h2-11,22H,12-13H2,1H3,(H2,27,29);1H. The first kappa shape index (κ1) is 23.9. The van der Waals surface area contributed by atoms with Gasteiger partial charge in [0, 0.05) is 11.8 Å². The van der Waals surface area contributed by atoms with Gasteiger partial charge in [0.2, 0.25) is 0 Å². The molecule has 9 heteroatoms. The second kappa shape index (κ2) is 9.81. The van der Waals surface area contributed by atoms with Gasteiger partial charge in [0.1, 0.15) is 28.9 Å². The fourth-order valence-corrected chi connectivity index (χ4v) is 3.82. The number of rotatable bonds is 5. The molecule has 0 spiro atoms. The molecule has 1 aliphatic heterocycles. The average Bonchev–Trinajstić information content (AvgIpc) is 2.75. The summed E-state index contributed by atoms with van der Waals surface area (Å²) in [6.45, 7) is -0.699. The van der Waals surface area contributed by atoms with Crippen molar-refractivity contribution in [2.45, 2.75) is 19.1 Å². The van der Waals surface area contributed by atoms with Gasteiger partial charge in [-0.1, -0.05) is 35.9 Å². The van der Waals surface area contributed by atoms with Gasteiger partial charge in [-0.3, -0.25) is 4.99 Å². The number of alkyl halides is 2. The quantitative estimate of drug-likeness (QED) is 0.499. The summed E-state index contributed by atoms with van der Waals surface area (Å²) < 4.78 is 35.7. The Morgan fingerprint density at radius 3 is 2.53 bits per heavy atom. The fraction of sp³-hybridized carbons (Fsp3) is 0.217. The minimum absolute atomic E-state index is 0. The lowest BCUT2D eigenvalue weighted by Crippen LogP contribution is -2.40. The summed E-state index contributed by atoms with van der Waals surface area (Å²) in [5.41, 5.74) is 9.14. The molecule has 3 aromatic rings. The van der Waals surface area contributed by atoms with Crippen LogP contribution < -0.4 is 10.5 Å². The number of hydrogen-bond acceptors (Lipinski definition) is 5. The first-order valence-electron chi connectivity index (χ1n) is 9.58. The van der Waals surface area contributed by atoms with E-state index in [1.807, 2.05) is 30.3 Å². The highest BCUT2D eigenvalue weighted by molar-refractivity contribution is 6.29. The number of aliphatic imine (C=N–C) groups is 1. The van der Waals surface area contributed by atoms with Gasteiger partial charge in [0.15, 0.2) is 0 Å². The Bertz CT molecular complexity index is 1130. The Morgan fingerprint density at radius 2 is 1.88 bits per heavy atom. The number of benzene rings is 2. The van der Waals surface area contributed by atoms with Gasteiger partial charge in [-0.15, -0.1) is 12.4 Å². The number of halogens is 4. The van der Waals surface area contributed by atoms with Crippen molar-refractivity contribution >= 4 is 29.8 Å². The second-order valence-corrected chi connectivity index (χ2v) is 7.65. The maximum Gasteiger partial charge on any atom is 0.387 e. The summed E-state index contributed by atoms with van der Waals surface area (Å²) in [7, 11) is 0. The Kier molecular flexibility index (Phi) is 7.33. The van der Waals surface area contributed by atoms with E-state index in [2.05, 4.69) is 9.72 Å². The van der Waals surface area contributed by atoms with Crippen LogP contribution in [0.3, 0.4) is 0 Å². The molecule has 0 bridgehead atoms. The number of amidine groups is 1. The van der Waals surface area contributed by atoms with Crippen LogP contribution >= 0.6 is 24.0 Å². The van der Waals surface area contributed by atoms with Gasteiger partial charge in [0.25, 0.3) is 0 Å². The topological polar surface area (TPSA) is 69.7 Å². The molecule has 168 valence electrons. The second-order valence-electron chi connectivity index (χ2n) is 7.27. The van der Waals surface area contributed by atoms with Gasteiger partial charge in [-0.2, -0.15) is 8.78 Å². The molecule has 1 unspecified atom stereocenters.